The molecule has 0 heterocycles. The molecule has 0 saturated heterocycles. The molecule has 2 N–H and O–H groups in total. The standard InChI is InChI=1S/C15H25NO2/c1-6-11(3)16-12(4)15(17)13-9-10(2)7-8-14(13)18-5/h7-9,11-12,15-17H,6H2,1-5H3. The van der Waals surface area contributed by atoms with Crippen LogP contribution in [0.25, 0.3) is 0 Å². The number of hydrogen-bond acceptors (Lipinski definition) is 3. The van der Waals surface area contributed by atoms with Crippen molar-refractivity contribution in [3.05, 3.63) is 29.3 Å². The zero-order valence-corrected chi connectivity index (χ0v) is 12.0. The average Bonchev–Trinajstić information content (AvgIpc) is 2.37. The van der Waals surface area contributed by atoms with Crippen molar-refractivity contribution >= 4 is 0 Å². The Morgan fingerprint density at radius 1 is 1.33 bits per heavy atom. The molecule has 0 fully saturated rings. The summed E-state index contributed by atoms with van der Waals surface area (Å²) in [4.78, 5) is 0. The SMILES string of the molecule is CCC(C)NC(C)C(O)c1cc(C)ccc1OC. The normalized spacial score (nSPS) is 16.1. The highest BCUT2D eigenvalue weighted by Crippen LogP contribution is 2.28. The van der Waals surface area contributed by atoms with E-state index in [9.17, 15) is 5.11 Å². The smallest absolute Gasteiger partial charge is 0.124 e. The van der Waals surface area contributed by atoms with Crippen molar-refractivity contribution in [2.24, 2.45) is 0 Å². The zero-order chi connectivity index (χ0) is 13.7. The topological polar surface area (TPSA) is 41.5 Å². The Labute approximate surface area is 110 Å². The number of hydrogen-bond donors (Lipinski definition) is 2. The first-order valence-electron chi connectivity index (χ1n) is 6.58. The molecule has 1 aromatic carbocycles. The summed E-state index contributed by atoms with van der Waals surface area (Å²) in [5.41, 5.74) is 1.97. The van der Waals surface area contributed by atoms with Crippen LogP contribution in [-0.2, 0) is 0 Å². The van der Waals surface area contributed by atoms with Crippen LogP contribution in [-0.4, -0.2) is 24.3 Å². The molecule has 0 spiro atoms. The van der Waals surface area contributed by atoms with Crippen LogP contribution in [0.1, 0.15) is 44.4 Å². The Bertz CT molecular complexity index is 379. The van der Waals surface area contributed by atoms with Crippen molar-refractivity contribution in [1.29, 1.82) is 0 Å². The van der Waals surface area contributed by atoms with E-state index in [1.165, 1.54) is 0 Å². The van der Waals surface area contributed by atoms with Crippen molar-refractivity contribution in [1.82, 2.24) is 5.32 Å². The monoisotopic (exact) mass is 251 g/mol. The highest BCUT2D eigenvalue weighted by atomic mass is 16.5. The van der Waals surface area contributed by atoms with Crippen LogP contribution in [0.2, 0.25) is 0 Å². The molecule has 102 valence electrons. The van der Waals surface area contributed by atoms with Gasteiger partial charge in [0.1, 0.15) is 5.75 Å². The van der Waals surface area contributed by atoms with Crippen molar-refractivity contribution in [3.8, 4) is 5.75 Å². The molecule has 3 unspecified atom stereocenters. The zero-order valence-electron chi connectivity index (χ0n) is 12.0. The first kappa shape index (κ1) is 15.0. The van der Waals surface area contributed by atoms with E-state index < -0.39 is 6.10 Å². The highest BCUT2D eigenvalue weighted by Gasteiger charge is 2.21. The van der Waals surface area contributed by atoms with E-state index in [0.717, 1.165) is 23.3 Å². The quantitative estimate of drug-likeness (QED) is 0.817. The second-order valence-corrected chi connectivity index (χ2v) is 4.95. The first-order valence-corrected chi connectivity index (χ1v) is 6.58. The molecule has 0 saturated carbocycles. The molecule has 1 aromatic rings. The van der Waals surface area contributed by atoms with Gasteiger partial charge < -0.3 is 15.2 Å². The fourth-order valence-corrected chi connectivity index (χ4v) is 2.01. The van der Waals surface area contributed by atoms with E-state index in [0.29, 0.717) is 6.04 Å². The maximum Gasteiger partial charge on any atom is 0.124 e. The Morgan fingerprint density at radius 2 is 2.00 bits per heavy atom. The lowest BCUT2D eigenvalue weighted by Crippen LogP contribution is -2.38. The third-order valence-electron chi connectivity index (χ3n) is 3.34. The molecule has 0 bridgehead atoms. The summed E-state index contributed by atoms with van der Waals surface area (Å²) >= 11 is 0. The number of rotatable bonds is 6. The van der Waals surface area contributed by atoms with Crippen molar-refractivity contribution in [3.63, 3.8) is 0 Å². The van der Waals surface area contributed by atoms with Gasteiger partial charge in [0.2, 0.25) is 0 Å². The van der Waals surface area contributed by atoms with Crippen molar-refractivity contribution in [2.75, 3.05) is 7.11 Å². The van der Waals surface area contributed by atoms with Crippen LogP contribution in [0.3, 0.4) is 0 Å². The van der Waals surface area contributed by atoms with Crippen LogP contribution in [0, 0.1) is 6.92 Å². The fourth-order valence-electron chi connectivity index (χ4n) is 2.01. The lowest BCUT2D eigenvalue weighted by molar-refractivity contribution is 0.127. The van der Waals surface area contributed by atoms with E-state index in [2.05, 4.69) is 19.2 Å². The summed E-state index contributed by atoms with van der Waals surface area (Å²) in [5.74, 6) is 0.742. The van der Waals surface area contributed by atoms with Gasteiger partial charge in [0.05, 0.1) is 13.2 Å². The molecule has 0 aliphatic heterocycles. The molecule has 3 nitrogen and oxygen atoms in total. The van der Waals surface area contributed by atoms with Gasteiger partial charge in [-0.05, 0) is 39.3 Å². The van der Waals surface area contributed by atoms with Crippen molar-refractivity contribution < 1.29 is 9.84 Å². The van der Waals surface area contributed by atoms with Crippen LogP contribution in [0.5, 0.6) is 5.75 Å². The number of nitrogens with one attached hydrogen (secondary N) is 1. The van der Waals surface area contributed by atoms with Gasteiger partial charge in [-0.3, -0.25) is 0 Å². The molecule has 0 aliphatic rings. The Morgan fingerprint density at radius 3 is 2.56 bits per heavy atom. The van der Waals surface area contributed by atoms with Gasteiger partial charge in [0, 0.05) is 17.6 Å². The van der Waals surface area contributed by atoms with Gasteiger partial charge in [0.25, 0.3) is 0 Å². The summed E-state index contributed by atoms with van der Waals surface area (Å²) in [5, 5.41) is 13.8. The molecule has 0 amide bonds. The van der Waals surface area contributed by atoms with Crippen LogP contribution < -0.4 is 10.1 Å². The third-order valence-corrected chi connectivity index (χ3v) is 3.34. The molecule has 0 radical (unpaired) electrons. The molecule has 3 atom stereocenters. The second-order valence-electron chi connectivity index (χ2n) is 4.95. The van der Waals surface area contributed by atoms with Crippen LogP contribution in [0.4, 0.5) is 0 Å². The summed E-state index contributed by atoms with van der Waals surface area (Å²) in [7, 11) is 1.63. The molecular weight excluding hydrogens is 226 g/mol. The van der Waals surface area contributed by atoms with Crippen LogP contribution >= 0.6 is 0 Å². The molecule has 3 heteroatoms. The molecule has 1 rings (SSSR count). The second kappa shape index (κ2) is 6.76. The first-order chi connectivity index (χ1) is 8.49. The number of aryl methyl sites for hydroxylation is 1. The predicted molar refractivity (Wildman–Crippen MR) is 75.0 cm³/mol. The van der Waals surface area contributed by atoms with E-state index in [1.807, 2.05) is 32.0 Å². The lowest BCUT2D eigenvalue weighted by Gasteiger charge is -2.25. The minimum absolute atomic E-state index is 0.00403. The minimum Gasteiger partial charge on any atom is -0.496 e. The Balaban J connectivity index is 2.88. The van der Waals surface area contributed by atoms with E-state index >= 15 is 0 Å². The predicted octanol–water partition coefficient (Wildman–Crippen LogP) is 2.81. The van der Waals surface area contributed by atoms with Gasteiger partial charge >= 0.3 is 0 Å². The Hall–Kier alpha value is -1.06. The molecular formula is C15H25NO2. The number of methoxy groups -OCH3 is 1. The maximum absolute atomic E-state index is 10.4. The molecule has 18 heavy (non-hydrogen) atoms. The highest BCUT2D eigenvalue weighted by molar-refractivity contribution is 5.39. The number of ether oxygens (including phenoxy) is 1. The van der Waals surface area contributed by atoms with E-state index in [-0.39, 0.29) is 6.04 Å². The fraction of sp³-hybridized carbons (Fsp3) is 0.600. The minimum atomic E-state index is -0.561. The van der Waals surface area contributed by atoms with Gasteiger partial charge in [-0.1, -0.05) is 18.6 Å². The van der Waals surface area contributed by atoms with Gasteiger partial charge in [-0.2, -0.15) is 0 Å². The lowest BCUT2D eigenvalue weighted by atomic mass is 9.99. The van der Waals surface area contributed by atoms with Crippen molar-refractivity contribution in [2.45, 2.75) is 52.3 Å². The number of benzene rings is 1. The molecule has 0 aromatic heterocycles. The summed E-state index contributed by atoms with van der Waals surface area (Å²) in [6, 6.07) is 6.27. The van der Waals surface area contributed by atoms with Crippen LogP contribution in [0.15, 0.2) is 18.2 Å². The van der Waals surface area contributed by atoms with E-state index in [4.69, 9.17) is 4.74 Å². The average molecular weight is 251 g/mol. The largest absolute Gasteiger partial charge is 0.496 e. The van der Waals surface area contributed by atoms with Gasteiger partial charge in [0.15, 0.2) is 0 Å². The third kappa shape index (κ3) is 3.72. The van der Waals surface area contributed by atoms with Gasteiger partial charge in [-0.25, -0.2) is 0 Å². The van der Waals surface area contributed by atoms with Gasteiger partial charge in [-0.15, -0.1) is 0 Å². The summed E-state index contributed by atoms with van der Waals surface area (Å²) < 4.78 is 5.32. The summed E-state index contributed by atoms with van der Waals surface area (Å²) in [6.45, 7) is 8.27. The number of aliphatic hydroxyl groups is 1. The number of aliphatic hydroxyl groups excluding tert-OH is 1. The Kier molecular flexibility index (Phi) is 5.63. The van der Waals surface area contributed by atoms with E-state index in [1.54, 1.807) is 7.11 Å². The molecule has 0 aliphatic carbocycles. The maximum atomic E-state index is 10.4. The summed E-state index contributed by atoms with van der Waals surface area (Å²) in [6.07, 6.45) is 0.482.